The molecule has 0 heterocycles. The molecule has 3 N–H and O–H groups in total. The molecule has 17 heavy (non-hydrogen) atoms. The van der Waals surface area contributed by atoms with Crippen LogP contribution in [0.5, 0.6) is 5.75 Å². The summed E-state index contributed by atoms with van der Waals surface area (Å²) in [5.74, 6) is 0.733. The molecule has 1 aromatic rings. The van der Waals surface area contributed by atoms with Crippen LogP contribution >= 0.6 is 11.6 Å². The number of rotatable bonds is 6. The van der Waals surface area contributed by atoms with Gasteiger partial charge < -0.3 is 15.8 Å². The molecule has 0 aromatic heterocycles. The van der Waals surface area contributed by atoms with Gasteiger partial charge in [0.1, 0.15) is 5.75 Å². The Morgan fingerprint density at radius 3 is 2.65 bits per heavy atom. The maximum atomic E-state index is 6.10. The molecule has 0 fully saturated rings. The lowest BCUT2D eigenvalue weighted by atomic mass is 10.1. The Balaban J connectivity index is 2.53. The fourth-order valence-corrected chi connectivity index (χ4v) is 1.71. The molecule has 0 radical (unpaired) electrons. The van der Waals surface area contributed by atoms with Crippen LogP contribution in [0.3, 0.4) is 0 Å². The van der Waals surface area contributed by atoms with Crippen LogP contribution in [0.4, 0.5) is 0 Å². The summed E-state index contributed by atoms with van der Waals surface area (Å²) in [7, 11) is 0. The van der Waals surface area contributed by atoms with Crippen molar-refractivity contribution in [1.29, 1.82) is 0 Å². The van der Waals surface area contributed by atoms with E-state index in [-0.39, 0.29) is 5.54 Å². The normalized spacial score (nSPS) is 11.6. The zero-order chi connectivity index (χ0) is 12.9. The second kappa shape index (κ2) is 6.24. The molecule has 0 aliphatic heterocycles. The number of halogens is 1. The minimum atomic E-state index is -0.199. The van der Waals surface area contributed by atoms with E-state index in [1.54, 1.807) is 0 Å². The fraction of sp³-hybridized carbons (Fsp3) is 0.538. The Morgan fingerprint density at radius 1 is 1.41 bits per heavy atom. The van der Waals surface area contributed by atoms with Gasteiger partial charge in [-0.2, -0.15) is 0 Å². The minimum absolute atomic E-state index is 0.199. The monoisotopic (exact) mass is 256 g/mol. The average molecular weight is 257 g/mol. The van der Waals surface area contributed by atoms with Gasteiger partial charge in [-0.3, -0.25) is 0 Å². The van der Waals surface area contributed by atoms with Crippen LogP contribution in [0.2, 0.25) is 5.02 Å². The number of hydrogen-bond acceptors (Lipinski definition) is 3. The first-order valence-corrected chi connectivity index (χ1v) is 6.21. The molecule has 0 atom stereocenters. The van der Waals surface area contributed by atoms with Crippen molar-refractivity contribution in [3.8, 4) is 5.75 Å². The number of benzene rings is 1. The first-order chi connectivity index (χ1) is 7.92. The summed E-state index contributed by atoms with van der Waals surface area (Å²) in [5, 5.41) is 3.95. The summed E-state index contributed by atoms with van der Waals surface area (Å²) in [6.45, 7) is 8.06. The van der Waals surface area contributed by atoms with Gasteiger partial charge in [0.05, 0.1) is 11.6 Å². The Hall–Kier alpha value is -0.770. The highest BCUT2D eigenvalue weighted by Crippen LogP contribution is 2.25. The van der Waals surface area contributed by atoms with Crippen molar-refractivity contribution >= 4 is 11.6 Å². The van der Waals surface area contributed by atoms with Crippen molar-refractivity contribution in [2.75, 3.05) is 13.2 Å². The van der Waals surface area contributed by atoms with Gasteiger partial charge in [-0.05, 0) is 38.5 Å². The first kappa shape index (κ1) is 14.3. The maximum Gasteiger partial charge on any atom is 0.137 e. The van der Waals surface area contributed by atoms with E-state index in [1.165, 1.54) is 0 Å². The van der Waals surface area contributed by atoms with Crippen molar-refractivity contribution in [3.05, 3.63) is 28.8 Å². The highest BCUT2D eigenvalue weighted by molar-refractivity contribution is 6.32. The number of nitrogens with two attached hydrogens (primary N) is 1. The highest BCUT2D eigenvalue weighted by Gasteiger charge is 2.09. The second-order valence-corrected chi connectivity index (χ2v) is 5.20. The van der Waals surface area contributed by atoms with E-state index < -0.39 is 0 Å². The summed E-state index contributed by atoms with van der Waals surface area (Å²) in [6, 6.07) is 5.83. The summed E-state index contributed by atoms with van der Waals surface area (Å²) in [5.41, 5.74) is 6.81. The lowest BCUT2D eigenvalue weighted by Gasteiger charge is -2.19. The first-order valence-electron chi connectivity index (χ1n) is 5.83. The van der Waals surface area contributed by atoms with Gasteiger partial charge in [-0.25, -0.2) is 0 Å². The van der Waals surface area contributed by atoms with Crippen LogP contribution in [0, 0.1) is 0 Å². The van der Waals surface area contributed by atoms with E-state index >= 15 is 0 Å². The van der Waals surface area contributed by atoms with Crippen molar-refractivity contribution in [1.82, 2.24) is 5.32 Å². The maximum absolute atomic E-state index is 6.10. The van der Waals surface area contributed by atoms with Crippen LogP contribution in [0.1, 0.15) is 26.3 Å². The van der Waals surface area contributed by atoms with Crippen LogP contribution < -0.4 is 15.8 Å². The Labute approximate surface area is 108 Å². The molecule has 1 rings (SSSR count). The Kier molecular flexibility index (Phi) is 5.25. The van der Waals surface area contributed by atoms with Gasteiger partial charge in [0.15, 0.2) is 0 Å². The Morgan fingerprint density at radius 2 is 2.12 bits per heavy atom. The third-order valence-corrected chi connectivity index (χ3v) is 2.50. The van der Waals surface area contributed by atoms with E-state index in [2.05, 4.69) is 5.32 Å². The Bertz CT molecular complexity index is 361. The van der Waals surface area contributed by atoms with E-state index in [0.29, 0.717) is 11.6 Å². The quantitative estimate of drug-likeness (QED) is 0.822. The summed E-state index contributed by atoms with van der Waals surface area (Å²) >= 11 is 6.10. The summed E-state index contributed by atoms with van der Waals surface area (Å²) in [6.07, 6.45) is 0. The van der Waals surface area contributed by atoms with Crippen LogP contribution in [-0.4, -0.2) is 18.7 Å². The van der Waals surface area contributed by atoms with E-state index in [0.717, 1.165) is 24.4 Å². The lowest BCUT2D eigenvalue weighted by Crippen LogP contribution is -2.42. The largest absolute Gasteiger partial charge is 0.492 e. The minimum Gasteiger partial charge on any atom is -0.492 e. The van der Waals surface area contributed by atoms with Crippen molar-refractivity contribution < 1.29 is 4.74 Å². The fourth-order valence-electron chi connectivity index (χ4n) is 1.46. The molecule has 4 heteroatoms. The van der Waals surface area contributed by atoms with Gasteiger partial charge in [0, 0.05) is 18.6 Å². The molecule has 0 saturated heterocycles. The summed E-state index contributed by atoms with van der Waals surface area (Å²) < 4.78 is 5.38. The van der Waals surface area contributed by atoms with Gasteiger partial charge in [-0.15, -0.1) is 0 Å². The van der Waals surface area contributed by atoms with Crippen molar-refractivity contribution in [3.63, 3.8) is 0 Å². The second-order valence-electron chi connectivity index (χ2n) is 4.79. The molecule has 0 bridgehead atoms. The van der Waals surface area contributed by atoms with E-state index in [9.17, 15) is 0 Å². The van der Waals surface area contributed by atoms with Crippen molar-refractivity contribution in [2.24, 2.45) is 5.73 Å². The highest BCUT2D eigenvalue weighted by atomic mass is 35.5. The average Bonchev–Trinajstić information content (AvgIpc) is 2.20. The summed E-state index contributed by atoms with van der Waals surface area (Å²) in [4.78, 5) is 0. The van der Waals surface area contributed by atoms with Crippen LogP contribution in [0.25, 0.3) is 0 Å². The molecule has 0 aliphatic carbocycles. The van der Waals surface area contributed by atoms with Gasteiger partial charge in [0.2, 0.25) is 0 Å². The molecule has 0 spiro atoms. The third-order valence-electron chi connectivity index (χ3n) is 2.21. The smallest absolute Gasteiger partial charge is 0.137 e. The predicted molar refractivity (Wildman–Crippen MR) is 72.6 cm³/mol. The molecule has 1 aromatic carbocycles. The van der Waals surface area contributed by atoms with E-state index in [1.807, 2.05) is 39.0 Å². The van der Waals surface area contributed by atoms with Crippen LogP contribution in [-0.2, 0) is 6.54 Å². The molecule has 96 valence electrons. The number of ether oxygens (including phenoxy) is 1. The molecular formula is C13H21ClN2O. The van der Waals surface area contributed by atoms with E-state index in [4.69, 9.17) is 22.1 Å². The SMILES string of the molecule is CCOc1ccc(CNCC(C)(C)N)cc1Cl. The molecule has 0 unspecified atom stereocenters. The van der Waals surface area contributed by atoms with Gasteiger partial charge >= 0.3 is 0 Å². The van der Waals surface area contributed by atoms with Crippen LogP contribution in [0.15, 0.2) is 18.2 Å². The van der Waals surface area contributed by atoms with Crippen molar-refractivity contribution in [2.45, 2.75) is 32.9 Å². The lowest BCUT2D eigenvalue weighted by molar-refractivity contribution is 0.340. The van der Waals surface area contributed by atoms with Gasteiger partial charge in [0.25, 0.3) is 0 Å². The third kappa shape index (κ3) is 5.39. The molecule has 0 aliphatic rings. The molecule has 0 saturated carbocycles. The molecule has 0 amide bonds. The zero-order valence-electron chi connectivity index (χ0n) is 10.7. The predicted octanol–water partition coefficient (Wildman–Crippen LogP) is 2.57. The number of nitrogens with one attached hydrogen (secondary N) is 1. The standard InChI is InChI=1S/C13H21ClN2O/c1-4-17-12-6-5-10(7-11(12)14)8-16-9-13(2,3)15/h5-7,16H,4,8-9,15H2,1-3H3. The topological polar surface area (TPSA) is 47.3 Å². The van der Waals surface area contributed by atoms with Gasteiger partial charge in [-0.1, -0.05) is 17.7 Å². The molecule has 3 nitrogen and oxygen atoms in total. The molecular weight excluding hydrogens is 236 g/mol. The number of hydrogen-bond donors (Lipinski definition) is 2. The zero-order valence-corrected chi connectivity index (χ0v) is 11.5.